The molecule has 3 aliphatic rings. The molecule has 1 aliphatic heterocycles. The molecule has 0 radical (unpaired) electrons. The van der Waals surface area contributed by atoms with Crippen LogP contribution in [0.3, 0.4) is 0 Å². The molecular formula is C20H26F5N5O2. The maximum atomic E-state index is 15.5. The van der Waals surface area contributed by atoms with E-state index in [0.717, 1.165) is 12.8 Å². The van der Waals surface area contributed by atoms with Crippen LogP contribution in [-0.4, -0.2) is 58.6 Å². The summed E-state index contributed by atoms with van der Waals surface area (Å²) in [4.78, 5) is 28.7. The summed E-state index contributed by atoms with van der Waals surface area (Å²) >= 11 is 0. The van der Waals surface area contributed by atoms with Crippen LogP contribution < -0.4 is 33.3 Å². The highest BCUT2D eigenvalue weighted by atomic mass is 19.3. The van der Waals surface area contributed by atoms with Crippen LogP contribution in [0.1, 0.15) is 32.2 Å². The fraction of sp³-hybridized carbons (Fsp3) is 0.700. The number of nitrogens with two attached hydrogens (primary N) is 2. The fourth-order valence-corrected chi connectivity index (χ4v) is 5.15. The first-order valence-corrected chi connectivity index (χ1v) is 10.6. The lowest BCUT2D eigenvalue weighted by Gasteiger charge is -2.35. The van der Waals surface area contributed by atoms with E-state index in [9.17, 15) is 27.2 Å². The van der Waals surface area contributed by atoms with E-state index in [0.29, 0.717) is 5.57 Å². The average molecular weight is 463 g/mol. The molecule has 0 bridgehead atoms. The molecule has 5 N–H and O–H groups in total. The van der Waals surface area contributed by atoms with Gasteiger partial charge in [0.25, 0.3) is 5.56 Å². The molecule has 7 nitrogen and oxygen atoms in total. The van der Waals surface area contributed by atoms with E-state index in [1.165, 1.54) is 4.57 Å². The minimum absolute atomic E-state index is 0.0268. The highest BCUT2D eigenvalue weighted by Gasteiger charge is 2.45. The zero-order valence-corrected chi connectivity index (χ0v) is 17.4. The summed E-state index contributed by atoms with van der Waals surface area (Å²) in [5.74, 6) is -2.95. The van der Waals surface area contributed by atoms with Gasteiger partial charge in [-0.05, 0) is 44.2 Å². The Morgan fingerprint density at radius 2 is 1.72 bits per heavy atom. The Labute approximate surface area is 179 Å². The smallest absolute Gasteiger partial charge is 0.329 e. The summed E-state index contributed by atoms with van der Waals surface area (Å²) in [5, 5.41) is 0.212. The second-order valence-corrected chi connectivity index (χ2v) is 8.94. The molecule has 0 aromatic carbocycles. The normalized spacial score (nSPS) is 27.6. The lowest BCUT2D eigenvalue weighted by molar-refractivity contribution is -0.0473. The topological polar surface area (TPSA) is 110 Å². The summed E-state index contributed by atoms with van der Waals surface area (Å²) < 4.78 is 69.4. The molecule has 178 valence electrons. The Hall–Kier alpha value is -2.21. The van der Waals surface area contributed by atoms with Crippen molar-refractivity contribution in [3.8, 4) is 0 Å². The Balaban J connectivity index is 1.73. The van der Waals surface area contributed by atoms with Crippen molar-refractivity contribution in [3.05, 3.63) is 31.4 Å². The van der Waals surface area contributed by atoms with Gasteiger partial charge in [-0.15, -0.1) is 0 Å². The van der Waals surface area contributed by atoms with Crippen LogP contribution in [0.2, 0.25) is 0 Å². The van der Waals surface area contributed by atoms with Gasteiger partial charge >= 0.3 is 5.69 Å². The molecule has 4 rings (SSSR count). The van der Waals surface area contributed by atoms with Gasteiger partial charge in [0.15, 0.2) is 6.17 Å². The van der Waals surface area contributed by atoms with Crippen molar-refractivity contribution in [1.29, 1.82) is 0 Å². The second kappa shape index (κ2) is 8.29. The largest absolute Gasteiger partial charge is 0.399 e. The third kappa shape index (κ3) is 3.66. The first-order valence-electron chi connectivity index (χ1n) is 10.6. The van der Waals surface area contributed by atoms with E-state index in [1.807, 2.05) is 0 Å². The van der Waals surface area contributed by atoms with Crippen LogP contribution in [0.4, 0.5) is 22.0 Å². The van der Waals surface area contributed by atoms with E-state index in [-0.39, 0.29) is 41.8 Å². The summed E-state index contributed by atoms with van der Waals surface area (Å²) in [6.07, 6.45) is -6.62. The van der Waals surface area contributed by atoms with E-state index in [2.05, 4.69) is 4.98 Å². The SMILES string of the molecule is CC1=c2c(c(=O)[nH]c(=O)n2C2CC2)=C(N)C(F)C1N1CCC(C(N)C(C(F)F)C(F)F)C1. The maximum Gasteiger partial charge on any atom is 0.329 e. The van der Waals surface area contributed by atoms with Gasteiger partial charge in [-0.3, -0.25) is 19.2 Å². The molecule has 1 aromatic rings. The quantitative estimate of drug-likeness (QED) is 0.499. The highest BCUT2D eigenvalue weighted by Crippen LogP contribution is 2.35. The number of hydrogen-bond acceptors (Lipinski definition) is 5. The molecule has 4 unspecified atom stereocenters. The minimum atomic E-state index is -3.27. The number of hydrogen-bond donors (Lipinski definition) is 3. The predicted octanol–water partition coefficient (Wildman–Crippen LogP) is -0.375. The maximum absolute atomic E-state index is 15.5. The summed E-state index contributed by atoms with van der Waals surface area (Å²) in [7, 11) is 0. The van der Waals surface area contributed by atoms with Crippen molar-refractivity contribution in [3.63, 3.8) is 0 Å². The molecule has 0 spiro atoms. The molecule has 1 saturated carbocycles. The van der Waals surface area contributed by atoms with Crippen molar-refractivity contribution in [1.82, 2.24) is 14.5 Å². The van der Waals surface area contributed by atoms with Crippen LogP contribution in [0, 0.1) is 11.8 Å². The van der Waals surface area contributed by atoms with Crippen molar-refractivity contribution >= 4 is 11.3 Å². The summed E-state index contributed by atoms with van der Waals surface area (Å²) in [6, 6.07) is -2.53. The molecule has 0 amide bonds. The van der Waals surface area contributed by atoms with Crippen molar-refractivity contribution in [2.24, 2.45) is 23.3 Å². The molecule has 4 atom stereocenters. The van der Waals surface area contributed by atoms with Gasteiger partial charge in [0.2, 0.25) is 12.9 Å². The number of aromatic nitrogens is 2. The number of likely N-dealkylation sites (tertiary alicyclic amines) is 1. The van der Waals surface area contributed by atoms with Crippen LogP contribution in [0.25, 0.3) is 11.3 Å². The Kier molecular flexibility index (Phi) is 5.95. The van der Waals surface area contributed by atoms with E-state index in [4.69, 9.17) is 11.5 Å². The van der Waals surface area contributed by atoms with Crippen LogP contribution in [-0.2, 0) is 0 Å². The van der Waals surface area contributed by atoms with Gasteiger partial charge in [0.05, 0.1) is 28.2 Å². The highest BCUT2D eigenvalue weighted by molar-refractivity contribution is 5.62. The minimum Gasteiger partial charge on any atom is -0.399 e. The van der Waals surface area contributed by atoms with Gasteiger partial charge in [-0.1, -0.05) is 0 Å². The molecule has 2 heterocycles. The fourth-order valence-electron chi connectivity index (χ4n) is 5.15. The monoisotopic (exact) mass is 463 g/mol. The third-order valence-corrected chi connectivity index (χ3v) is 6.96. The van der Waals surface area contributed by atoms with Gasteiger partial charge in [-0.25, -0.2) is 26.7 Å². The molecule has 1 aromatic heterocycles. The van der Waals surface area contributed by atoms with Gasteiger partial charge in [0.1, 0.15) is 0 Å². The molecule has 2 aliphatic carbocycles. The van der Waals surface area contributed by atoms with E-state index in [1.54, 1.807) is 11.8 Å². The number of nitrogens with zero attached hydrogens (tertiary/aromatic N) is 2. The molecule has 12 heteroatoms. The predicted molar refractivity (Wildman–Crippen MR) is 107 cm³/mol. The number of alkyl halides is 5. The molecule has 1 saturated heterocycles. The zero-order valence-electron chi connectivity index (χ0n) is 17.4. The first-order chi connectivity index (χ1) is 15.0. The standard InChI is InChI=1S/C20H26F5N5O2/c1-7-15-10(19(31)28-20(32)30(15)9-2-3-9)14(27)12(21)16(7)29-5-4-8(6-29)13(26)11(17(22)23)18(24)25/h8-9,11-13,16-18H,2-6,26-27H2,1H3,(H,28,31,32). The Morgan fingerprint density at radius 1 is 1.09 bits per heavy atom. The lowest BCUT2D eigenvalue weighted by atomic mass is 9.88. The molecular weight excluding hydrogens is 437 g/mol. The van der Waals surface area contributed by atoms with Crippen molar-refractivity contribution in [2.75, 3.05) is 13.1 Å². The van der Waals surface area contributed by atoms with E-state index >= 15 is 4.39 Å². The molecule has 32 heavy (non-hydrogen) atoms. The summed E-state index contributed by atoms with van der Waals surface area (Å²) in [6.45, 7) is 1.87. The van der Waals surface area contributed by atoms with Gasteiger partial charge in [0, 0.05) is 18.6 Å². The number of aromatic amines is 1. The number of nitrogens with one attached hydrogen (secondary N) is 1. The number of fused-ring (bicyclic) bond motifs is 1. The van der Waals surface area contributed by atoms with Gasteiger partial charge in [-0.2, -0.15) is 0 Å². The average Bonchev–Trinajstić information content (AvgIpc) is 3.41. The van der Waals surface area contributed by atoms with E-state index < -0.39 is 54.2 Å². The Morgan fingerprint density at radius 3 is 2.28 bits per heavy atom. The van der Waals surface area contributed by atoms with Crippen molar-refractivity contribution < 1.29 is 22.0 Å². The number of rotatable bonds is 6. The van der Waals surface area contributed by atoms with Crippen LogP contribution in [0.15, 0.2) is 9.59 Å². The second-order valence-electron chi connectivity index (χ2n) is 8.94. The molecule has 2 fully saturated rings. The van der Waals surface area contributed by atoms with Crippen molar-refractivity contribution in [2.45, 2.75) is 63.3 Å². The zero-order chi connectivity index (χ0) is 23.5. The number of halogens is 5. The first kappa shape index (κ1) is 23.0. The third-order valence-electron chi connectivity index (χ3n) is 6.96. The summed E-state index contributed by atoms with van der Waals surface area (Å²) in [5.41, 5.74) is 10.6. The Bertz CT molecular complexity index is 1120. The number of H-pyrrole nitrogens is 1. The lowest BCUT2D eigenvalue weighted by Crippen LogP contribution is -2.62. The van der Waals surface area contributed by atoms with Crippen LogP contribution >= 0.6 is 0 Å². The van der Waals surface area contributed by atoms with Gasteiger partial charge < -0.3 is 11.5 Å². The van der Waals surface area contributed by atoms with Crippen LogP contribution in [0.5, 0.6) is 0 Å².